The number of rotatable bonds is 3. The topological polar surface area (TPSA) is 26.0 Å². The molecule has 0 aliphatic rings. The highest BCUT2D eigenvalue weighted by Crippen LogP contribution is 2.28. The van der Waals surface area contributed by atoms with E-state index in [1.807, 2.05) is 6.07 Å². The minimum atomic E-state index is 0.0593. The number of hydrogen-bond donors (Lipinski definition) is 1. The average molecular weight is 281 g/mol. The van der Waals surface area contributed by atoms with Gasteiger partial charge in [0, 0.05) is 6.04 Å². The molecule has 0 aromatic heterocycles. The van der Waals surface area contributed by atoms with Crippen LogP contribution < -0.4 is 5.73 Å². The Morgan fingerprint density at radius 3 is 1.95 bits per heavy atom. The third-order valence-electron chi connectivity index (χ3n) is 4.21. The number of aryl methyl sites for hydroxylation is 2. The first-order valence-corrected chi connectivity index (χ1v) is 7.70. The Morgan fingerprint density at radius 2 is 1.48 bits per heavy atom. The van der Waals surface area contributed by atoms with E-state index in [0.717, 1.165) is 6.42 Å². The van der Waals surface area contributed by atoms with E-state index < -0.39 is 0 Å². The first kappa shape index (κ1) is 15.8. The zero-order valence-electron chi connectivity index (χ0n) is 13.9. The van der Waals surface area contributed by atoms with Crippen molar-refractivity contribution in [3.63, 3.8) is 0 Å². The minimum absolute atomic E-state index is 0.0593. The van der Waals surface area contributed by atoms with Crippen LogP contribution >= 0.6 is 0 Å². The Hall–Kier alpha value is -1.60. The first-order valence-electron chi connectivity index (χ1n) is 7.70. The van der Waals surface area contributed by atoms with Crippen molar-refractivity contribution in [3.8, 4) is 0 Å². The van der Waals surface area contributed by atoms with Gasteiger partial charge in [-0.15, -0.1) is 0 Å². The molecule has 21 heavy (non-hydrogen) atoms. The smallest absolute Gasteiger partial charge is 0.0335 e. The third kappa shape index (κ3) is 3.74. The predicted molar refractivity (Wildman–Crippen MR) is 91.7 cm³/mol. The van der Waals surface area contributed by atoms with Crippen molar-refractivity contribution in [2.24, 2.45) is 5.73 Å². The average Bonchev–Trinajstić information content (AvgIpc) is 2.42. The summed E-state index contributed by atoms with van der Waals surface area (Å²) in [5, 5.41) is 0. The summed E-state index contributed by atoms with van der Waals surface area (Å²) in [5.41, 5.74) is 13.3. The molecule has 0 fully saturated rings. The van der Waals surface area contributed by atoms with Crippen molar-refractivity contribution in [1.29, 1.82) is 0 Å². The zero-order valence-corrected chi connectivity index (χ0v) is 13.9. The van der Waals surface area contributed by atoms with Gasteiger partial charge in [-0.2, -0.15) is 0 Å². The van der Waals surface area contributed by atoms with Gasteiger partial charge in [-0.25, -0.2) is 0 Å². The quantitative estimate of drug-likeness (QED) is 0.855. The van der Waals surface area contributed by atoms with Crippen LogP contribution in [0.5, 0.6) is 0 Å². The predicted octanol–water partition coefficient (Wildman–Crippen LogP) is 4.84. The summed E-state index contributed by atoms with van der Waals surface area (Å²) in [7, 11) is 0. The molecular formula is C20H27N. The van der Waals surface area contributed by atoms with Crippen LogP contribution in [0, 0.1) is 13.8 Å². The lowest BCUT2D eigenvalue weighted by molar-refractivity contribution is 0.588. The van der Waals surface area contributed by atoms with Crippen LogP contribution in [0.1, 0.15) is 54.6 Å². The Morgan fingerprint density at radius 1 is 0.952 bits per heavy atom. The van der Waals surface area contributed by atoms with E-state index in [-0.39, 0.29) is 11.5 Å². The van der Waals surface area contributed by atoms with Crippen molar-refractivity contribution in [2.75, 3.05) is 0 Å². The molecule has 1 unspecified atom stereocenters. The second-order valence-corrected chi connectivity index (χ2v) is 7.06. The molecule has 0 heterocycles. The van der Waals surface area contributed by atoms with Crippen LogP contribution in [-0.4, -0.2) is 0 Å². The van der Waals surface area contributed by atoms with Crippen LogP contribution in [-0.2, 0) is 11.8 Å². The molecular weight excluding hydrogens is 254 g/mol. The van der Waals surface area contributed by atoms with Gasteiger partial charge in [0.15, 0.2) is 0 Å². The summed E-state index contributed by atoms with van der Waals surface area (Å²) in [6, 6.07) is 15.1. The molecule has 0 amide bonds. The number of hydrogen-bond acceptors (Lipinski definition) is 1. The SMILES string of the molecule is Cc1cc(C(C)(C)C)cc(C)c1CC(N)c1ccccc1. The molecule has 1 heteroatoms. The maximum absolute atomic E-state index is 6.39. The van der Waals surface area contributed by atoms with E-state index in [1.165, 1.54) is 27.8 Å². The van der Waals surface area contributed by atoms with Gasteiger partial charge in [0.25, 0.3) is 0 Å². The largest absolute Gasteiger partial charge is 0.324 e. The Bertz CT molecular complexity index is 582. The fourth-order valence-electron chi connectivity index (χ4n) is 2.79. The Kier molecular flexibility index (Phi) is 4.53. The van der Waals surface area contributed by atoms with Crippen LogP contribution in [0.25, 0.3) is 0 Å². The van der Waals surface area contributed by atoms with Gasteiger partial charge in [-0.1, -0.05) is 63.2 Å². The summed E-state index contributed by atoms with van der Waals surface area (Å²) in [5.74, 6) is 0. The molecule has 0 saturated carbocycles. The summed E-state index contributed by atoms with van der Waals surface area (Å²) >= 11 is 0. The summed E-state index contributed by atoms with van der Waals surface area (Å²) < 4.78 is 0. The highest BCUT2D eigenvalue weighted by molar-refractivity contribution is 5.41. The highest BCUT2D eigenvalue weighted by Gasteiger charge is 2.17. The van der Waals surface area contributed by atoms with Crippen LogP contribution in [0.15, 0.2) is 42.5 Å². The molecule has 1 atom stereocenters. The Labute approximate surface area is 129 Å². The van der Waals surface area contributed by atoms with Gasteiger partial charge in [0.05, 0.1) is 0 Å². The molecule has 0 aliphatic heterocycles. The molecule has 0 bridgehead atoms. The second-order valence-electron chi connectivity index (χ2n) is 7.06. The lowest BCUT2D eigenvalue weighted by Gasteiger charge is -2.23. The number of benzene rings is 2. The van der Waals surface area contributed by atoms with Gasteiger partial charge >= 0.3 is 0 Å². The van der Waals surface area contributed by atoms with Crippen LogP contribution in [0.3, 0.4) is 0 Å². The van der Waals surface area contributed by atoms with Crippen LogP contribution in [0.2, 0.25) is 0 Å². The van der Waals surface area contributed by atoms with Gasteiger partial charge < -0.3 is 5.73 Å². The normalized spacial score (nSPS) is 13.2. The van der Waals surface area contributed by atoms with Gasteiger partial charge in [-0.3, -0.25) is 0 Å². The summed E-state index contributed by atoms with van der Waals surface area (Å²) in [4.78, 5) is 0. The molecule has 0 radical (unpaired) electrons. The zero-order chi connectivity index (χ0) is 15.6. The van der Waals surface area contributed by atoms with E-state index >= 15 is 0 Å². The van der Waals surface area contributed by atoms with E-state index in [9.17, 15) is 0 Å². The van der Waals surface area contributed by atoms with Crippen molar-refractivity contribution in [1.82, 2.24) is 0 Å². The fourth-order valence-corrected chi connectivity index (χ4v) is 2.79. The fraction of sp³-hybridized carbons (Fsp3) is 0.400. The van der Waals surface area contributed by atoms with Crippen molar-refractivity contribution in [3.05, 3.63) is 70.3 Å². The molecule has 112 valence electrons. The molecule has 2 aromatic carbocycles. The molecule has 0 spiro atoms. The summed E-state index contributed by atoms with van der Waals surface area (Å²) in [6.07, 6.45) is 0.895. The molecule has 1 nitrogen and oxygen atoms in total. The van der Waals surface area contributed by atoms with E-state index in [1.54, 1.807) is 0 Å². The summed E-state index contributed by atoms with van der Waals surface area (Å²) in [6.45, 7) is 11.2. The lowest BCUT2D eigenvalue weighted by Crippen LogP contribution is -2.16. The number of nitrogens with two attached hydrogens (primary N) is 1. The third-order valence-corrected chi connectivity index (χ3v) is 4.21. The van der Waals surface area contributed by atoms with Crippen molar-refractivity contribution >= 4 is 0 Å². The molecule has 0 aliphatic carbocycles. The molecule has 0 saturated heterocycles. The van der Waals surface area contributed by atoms with Crippen LogP contribution in [0.4, 0.5) is 0 Å². The van der Waals surface area contributed by atoms with Gasteiger partial charge in [-0.05, 0) is 53.5 Å². The van der Waals surface area contributed by atoms with Crippen molar-refractivity contribution in [2.45, 2.75) is 52.5 Å². The van der Waals surface area contributed by atoms with Crippen molar-refractivity contribution < 1.29 is 0 Å². The molecule has 2 rings (SSSR count). The standard InChI is InChI=1S/C20H27N/c1-14-11-17(20(3,4)5)12-15(2)18(14)13-19(21)16-9-7-6-8-10-16/h6-12,19H,13,21H2,1-5H3. The highest BCUT2D eigenvalue weighted by atomic mass is 14.6. The Balaban J connectivity index is 2.29. The monoisotopic (exact) mass is 281 g/mol. The molecule has 2 N–H and O–H groups in total. The van der Waals surface area contributed by atoms with Gasteiger partial charge in [0.1, 0.15) is 0 Å². The molecule has 2 aromatic rings. The van der Waals surface area contributed by atoms with E-state index in [0.29, 0.717) is 0 Å². The maximum Gasteiger partial charge on any atom is 0.0335 e. The minimum Gasteiger partial charge on any atom is -0.324 e. The lowest BCUT2D eigenvalue weighted by atomic mass is 9.82. The van der Waals surface area contributed by atoms with E-state index in [4.69, 9.17) is 5.73 Å². The van der Waals surface area contributed by atoms with E-state index in [2.05, 4.69) is 71.0 Å². The van der Waals surface area contributed by atoms with Gasteiger partial charge in [0.2, 0.25) is 0 Å². The second kappa shape index (κ2) is 6.03. The maximum atomic E-state index is 6.39. The first-order chi connectivity index (χ1) is 9.79.